The van der Waals surface area contributed by atoms with Crippen molar-refractivity contribution in [1.82, 2.24) is 8.87 Å². The smallest absolute Gasteiger partial charge is 0.323 e. The highest BCUT2D eigenvalue weighted by Crippen LogP contribution is 2.48. The van der Waals surface area contributed by atoms with Crippen LogP contribution < -0.4 is 0 Å². The molecule has 0 amide bonds. The zero-order chi connectivity index (χ0) is 24.9. The third-order valence-corrected chi connectivity index (χ3v) is 9.10. The van der Waals surface area contributed by atoms with E-state index in [2.05, 4.69) is 0 Å². The SMILES string of the molecule is Cc1c(Cc2ccccc2S(=O)(=O)N2CCOCC2)c2c(n1CC(=O)O)CC(C)(C)C(F)(F)C2. The number of ether oxygens (including phenoxy) is 1. The summed E-state index contributed by atoms with van der Waals surface area (Å²) in [4.78, 5) is 11.7. The third kappa shape index (κ3) is 4.27. The van der Waals surface area contributed by atoms with Crippen LogP contribution >= 0.6 is 0 Å². The van der Waals surface area contributed by atoms with Crippen molar-refractivity contribution in [2.45, 2.75) is 57.4 Å². The molecule has 0 radical (unpaired) electrons. The summed E-state index contributed by atoms with van der Waals surface area (Å²) in [7, 11) is -3.80. The number of halogens is 2. The van der Waals surface area contributed by atoms with Gasteiger partial charge in [0.15, 0.2) is 0 Å². The minimum atomic E-state index is -3.80. The van der Waals surface area contributed by atoms with Gasteiger partial charge >= 0.3 is 5.97 Å². The molecule has 0 spiro atoms. The number of aromatic nitrogens is 1. The number of benzene rings is 1. The van der Waals surface area contributed by atoms with Gasteiger partial charge in [0.25, 0.3) is 5.92 Å². The molecule has 1 fully saturated rings. The van der Waals surface area contributed by atoms with Crippen LogP contribution in [0.4, 0.5) is 8.78 Å². The van der Waals surface area contributed by atoms with Crippen molar-refractivity contribution in [2.75, 3.05) is 26.3 Å². The lowest BCUT2D eigenvalue weighted by atomic mass is 9.72. The molecule has 0 bridgehead atoms. The fraction of sp³-hybridized carbons (Fsp3) is 0.542. The molecule has 1 aliphatic carbocycles. The maximum atomic E-state index is 15.1. The van der Waals surface area contributed by atoms with Gasteiger partial charge in [-0.25, -0.2) is 17.2 Å². The van der Waals surface area contributed by atoms with Gasteiger partial charge in [-0.05, 0) is 36.1 Å². The zero-order valence-corrected chi connectivity index (χ0v) is 20.4. The fourth-order valence-corrected chi connectivity index (χ4v) is 6.57. The summed E-state index contributed by atoms with van der Waals surface area (Å²) in [6.45, 7) is 5.52. The molecule has 0 atom stereocenters. The first-order valence-corrected chi connectivity index (χ1v) is 12.7. The van der Waals surface area contributed by atoms with E-state index in [1.165, 1.54) is 24.2 Å². The lowest BCUT2D eigenvalue weighted by Gasteiger charge is -2.39. The van der Waals surface area contributed by atoms with Crippen molar-refractivity contribution in [3.8, 4) is 0 Å². The van der Waals surface area contributed by atoms with Crippen LogP contribution in [-0.2, 0) is 45.4 Å². The summed E-state index contributed by atoms with van der Waals surface area (Å²) in [6.07, 6.45) is -0.343. The first-order valence-electron chi connectivity index (χ1n) is 11.3. The van der Waals surface area contributed by atoms with Crippen molar-refractivity contribution in [3.05, 3.63) is 52.3 Å². The number of carbonyl (C=O) groups is 1. The number of morpholine rings is 1. The maximum absolute atomic E-state index is 15.1. The number of rotatable bonds is 6. The van der Waals surface area contributed by atoms with Gasteiger partial charge in [0.05, 0.1) is 18.1 Å². The highest BCUT2D eigenvalue weighted by molar-refractivity contribution is 7.89. The van der Waals surface area contributed by atoms with Crippen LogP contribution in [0.2, 0.25) is 0 Å². The Labute approximate surface area is 198 Å². The second-order valence-corrected chi connectivity index (χ2v) is 11.6. The number of carboxylic acids is 1. The Kier molecular flexibility index (Phi) is 6.37. The standard InChI is InChI=1S/C24H30F2N2O5S/c1-16-18(19-13-24(25,26)23(2,3)14-20(19)28(16)15-22(29)30)12-17-6-4-5-7-21(17)34(31,32)27-8-10-33-11-9-27/h4-7H,8-15H2,1-3H3,(H,29,30). The van der Waals surface area contributed by atoms with Gasteiger partial charge in [-0.2, -0.15) is 4.31 Å². The molecule has 34 heavy (non-hydrogen) atoms. The van der Waals surface area contributed by atoms with E-state index >= 15 is 8.78 Å². The van der Waals surface area contributed by atoms with E-state index in [0.29, 0.717) is 41.3 Å². The number of fused-ring (bicyclic) bond motifs is 1. The summed E-state index contributed by atoms with van der Waals surface area (Å²) in [5.41, 5.74) is 1.37. The molecule has 2 heterocycles. The summed E-state index contributed by atoms with van der Waals surface area (Å²) < 4.78 is 65.1. The molecule has 1 aromatic heterocycles. The molecule has 0 unspecified atom stereocenters. The van der Waals surface area contributed by atoms with Crippen LogP contribution in [0, 0.1) is 12.3 Å². The molecule has 2 aromatic rings. The topological polar surface area (TPSA) is 88.8 Å². The van der Waals surface area contributed by atoms with Crippen LogP contribution in [0.25, 0.3) is 0 Å². The zero-order valence-electron chi connectivity index (χ0n) is 19.6. The average molecular weight is 497 g/mol. The second kappa shape index (κ2) is 8.73. The summed E-state index contributed by atoms with van der Waals surface area (Å²) in [6, 6.07) is 6.60. The van der Waals surface area contributed by atoms with Gasteiger partial charge in [0.1, 0.15) is 6.54 Å². The van der Waals surface area contributed by atoms with Crippen molar-refractivity contribution in [1.29, 1.82) is 0 Å². The van der Waals surface area contributed by atoms with Crippen LogP contribution in [0.15, 0.2) is 29.2 Å². The molecule has 186 valence electrons. The lowest BCUT2D eigenvalue weighted by Crippen LogP contribution is -2.44. The predicted molar refractivity (Wildman–Crippen MR) is 122 cm³/mol. The van der Waals surface area contributed by atoms with Gasteiger partial charge in [-0.3, -0.25) is 4.79 Å². The highest BCUT2D eigenvalue weighted by Gasteiger charge is 2.52. The van der Waals surface area contributed by atoms with E-state index in [-0.39, 0.29) is 37.4 Å². The predicted octanol–water partition coefficient (Wildman–Crippen LogP) is 3.25. The lowest BCUT2D eigenvalue weighted by molar-refractivity contribution is -0.137. The molecule has 0 saturated carbocycles. The monoisotopic (exact) mass is 496 g/mol. The van der Waals surface area contributed by atoms with E-state index < -0.39 is 33.8 Å². The van der Waals surface area contributed by atoms with E-state index in [4.69, 9.17) is 4.74 Å². The number of alkyl halides is 2. The Balaban J connectivity index is 1.81. The minimum Gasteiger partial charge on any atom is -0.480 e. The first-order chi connectivity index (χ1) is 15.8. The van der Waals surface area contributed by atoms with Crippen LogP contribution in [-0.4, -0.2) is 60.6 Å². The van der Waals surface area contributed by atoms with Crippen LogP contribution in [0.3, 0.4) is 0 Å². The van der Waals surface area contributed by atoms with Crippen molar-refractivity contribution in [3.63, 3.8) is 0 Å². The largest absolute Gasteiger partial charge is 0.480 e. The highest BCUT2D eigenvalue weighted by atomic mass is 32.2. The maximum Gasteiger partial charge on any atom is 0.323 e. The molecule has 1 N–H and O–H groups in total. The van der Waals surface area contributed by atoms with Crippen molar-refractivity contribution < 1.29 is 31.8 Å². The summed E-state index contributed by atoms with van der Waals surface area (Å²) >= 11 is 0. The Morgan fingerprint density at radius 3 is 2.44 bits per heavy atom. The molecule has 2 aliphatic rings. The number of nitrogens with zero attached hydrogens (tertiary/aromatic N) is 2. The normalized spacial score (nSPS) is 20.1. The molecular formula is C24H30F2N2O5S. The summed E-state index contributed by atoms with van der Waals surface area (Å²) in [5, 5.41) is 9.46. The van der Waals surface area contributed by atoms with E-state index in [1.807, 2.05) is 0 Å². The van der Waals surface area contributed by atoms with E-state index in [9.17, 15) is 18.3 Å². The van der Waals surface area contributed by atoms with Gasteiger partial charge in [0.2, 0.25) is 10.0 Å². The Bertz CT molecular complexity index is 1210. The first kappa shape index (κ1) is 24.8. The minimum absolute atomic E-state index is 0.0389. The molecular weight excluding hydrogens is 466 g/mol. The molecule has 1 aromatic carbocycles. The quantitative estimate of drug-likeness (QED) is 0.663. The molecule has 1 saturated heterocycles. The van der Waals surface area contributed by atoms with E-state index in [0.717, 1.165) is 0 Å². The number of aliphatic carboxylic acids is 1. The molecule has 7 nitrogen and oxygen atoms in total. The third-order valence-electron chi connectivity index (χ3n) is 7.10. The van der Waals surface area contributed by atoms with Crippen LogP contribution in [0.5, 0.6) is 0 Å². The van der Waals surface area contributed by atoms with Crippen molar-refractivity contribution >= 4 is 16.0 Å². The average Bonchev–Trinajstić information content (AvgIpc) is 2.98. The Morgan fingerprint density at radius 1 is 1.15 bits per heavy atom. The van der Waals surface area contributed by atoms with Gasteiger partial charge in [-0.15, -0.1) is 0 Å². The Hall–Kier alpha value is -2.30. The Morgan fingerprint density at radius 2 is 1.79 bits per heavy atom. The number of sulfonamides is 1. The van der Waals surface area contributed by atoms with Gasteiger partial charge < -0.3 is 14.4 Å². The fourth-order valence-electron chi connectivity index (χ4n) is 4.94. The molecule has 10 heteroatoms. The number of hydrogen-bond acceptors (Lipinski definition) is 4. The number of hydrogen-bond donors (Lipinski definition) is 1. The summed E-state index contributed by atoms with van der Waals surface area (Å²) in [5.74, 6) is -4.03. The van der Waals surface area contributed by atoms with Gasteiger partial charge in [0, 0.05) is 42.7 Å². The molecule has 1 aliphatic heterocycles. The second-order valence-electron chi connectivity index (χ2n) is 9.71. The van der Waals surface area contributed by atoms with Gasteiger partial charge in [-0.1, -0.05) is 32.0 Å². The number of carboxylic acid groups (broad SMARTS) is 1. The van der Waals surface area contributed by atoms with Crippen molar-refractivity contribution in [2.24, 2.45) is 5.41 Å². The van der Waals surface area contributed by atoms with E-state index in [1.54, 1.807) is 29.7 Å². The molecule has 4 rings (SSSR count). The van der Waals surface area contributed by atoms with Crippen LogP contribution in [0.1, 0.15) is 41.9 Å².